The van der Waals surface area contributed by atoms with Crippen LogP contribution in [0.2, 0.25) is 0 Å². The molecule has 0 aliphatic rings. The van der Waals surface area contributed by atoms with Gasteiger partial charge in [0.2, 0.25) is 0 Å². The first-order valence-corrected chi connectivity index (χ1v) is 10.8. The number of aromatic nitrogens is 4. The Morgan fingerprint density at radius 2 is 1.57 bits per heavy atom. The number of halogens is 2. The van der Waals surface area contributed by atoms with Gasteiger partial charge in [-0.2, -0.15) is 23.3 Å². The van der Waals surface area contributed by atoms with E-state index >= 15 is 0 Å². The van der Waals surface area contributed by atoms with Crippen LogP contribution < -0.4 is 0 Å². The van der Waals surface area contributed by atoms with E-state index < -0.39 is 17.3 Å². The zero-order chi connectivity index (χ0) is 23.7. The summed E-state index contributed by atoms with van der Waals surface area (Å²) in [7, 11) is 0. The third-order valence-electron chi connectivity index (χ3n) is 5.77. The number of benzene rings is 2. The first-order chi connectivity index (χ1) is 16.4. The van der Waals surface area contributed by atoms with Crippen LogP contribution in [0, 0.1) is 24.0 Å². The molecule has 0 saturated heterocycles. The van der Waals surface area contributed by atoms with Crippen molar-refractivity contribution in [1.29, 1.82) is 0 Å². The number of nitrogens with zero attached hydrogens (tertiary/aromatic N) is 4. The van der Waals surface area contributed by atoms with Crippen molar-refractivity contribution < 1.29 is 29.8 Å². The Labute approximate surface area is 217 Å². The van der Waals surface area contributed by atoms with Gasteiger partial charge in [0.1, 0.15) is 11.9 Å². The SMILES string of the molecule is CC(C)(c1cccc(-c2[c-]cc(F)nc2F)n1)c1ccn(-c2[c-]cc(-c3ccccc3)cc2)n1.[Pt+2]. The molecule has 5 aromatic rings. The van der Waals surface area contributed by atoms with Gasteiger partial charge in [-0.25, -0.2) is 8.78 Å². The molecule has 0 radical (unpaired) electrons. The minimum Gasteiger partial charge on any atom is -0.300 e. The number of hydrogen-bond donors (Lipinski definition) is 0. The molecule has 0 saturated carbocycles. The Bertz CT molecular complexity index is 1450. The normalized spacial score (nSPS) is 11.2. The van der Waals surface area contributed by atoms with E-state index in [0.717, 1.165) is 28.6 Å². The van der Waals surface area contributed by atoms with Crippen LogP contribution in [0.25, 0.3) is 28.1 Å². The van der Waals surface area contributed by atoms with Gasteiger partial charge >= 0.3 is 21.1 Å². The van der Waals surface area contributed by atoms with Crippen molar-refractivity contribution in [2.75, 3.05) is 0 Å². The summed E-state index contributed by atoms with van der Waals surface area (Å²) in [5.74, 6) is -1.86. The van der Waals surface area contributed by atoms with Gasteiger partial charge < -0.3 is 4.98 Å². The molecule has 0 bridgehead atoms. The van der Waals surface area contributed by atoms with E-state index in [1.54, 1.807) is 16.8 Å². The molecule has 3 aromatic heterocycles. The first kappa shape index (κ1) is 24.6. The predicted octanol–water partition coefficient (Wildman–Crippen LogP) is 6.20. The molecule has 4 nitrogen and oxygen atoms in total. The first-order valence-electron chi connectivity index (χ1n) is 10.8. The molecule has 3 heterocycles. The maximum Gasteiger partial charge on any atom is 2.00 e. The van der Waals surface area contributed by atoms with E-state index in [1.165, 1.54) is 0 Å². The van der Waals surface area contributed by atoms with Crippen molar-refractivity contribution in [1.82, 2.24) is 19.7 Å². The third-order valence-corrected chi connectivity index (χ3v) is 5.77. The summed E-state index contributed by atoms with van der Waals surface area (Å²) in [4.78, 5) is 7.86. The second-order valence-corrected chi connectivity index (χ2v) is 8.40. The quantitative estimate of drug-likeness (QED) is 0.169. The van der Waals surface area contributed by atoms with Crippen molar-refractivity contribution in [2.24, 2.45) is 0 Å². The van der Waals surface area contributed by atoms with Crippen molar-refractivity contribution in [3.63, 3.8) is 0 Å². The van der Waals surface area contributed by atoms with Crippen LogP contribution in [0.15, 0.2) is 85.1 Å². The van der Waals surface area contributed by atoms with Crippen LogP contribution in [-0.2, 0) is 26.5 Å². The third kappa shape index (κ3) is 4.98. The number of pyridine rings is 2. The fraction of sp³-hybridized carbons (Fsp3) is 0.107. The summed E-state index contributed by atoms with van der Waals surface area (Å²) in [6.45, 7) is 3.99. The Morgan fingerprint density at radius 3 is 2.29 bits per heavy atom. The van der Waals surface area contributed by atoms with Crippen LogP contribution >= 0.6 is 0 Å². The summed E-state index contributed by atoms with van der Waals surface area (Å²) in [6.07, 6.45) is 1.88. The fourth-order valence-corrected chi connectivity index (χ4v) is 3.77. The van der Waals surface area contributed by atoms with E-state index in [4.69, 9.17) is 5.10 Å². The van der Waals surface area contributed by atoms with Gasteiger partial charge in [-0.05, 0) is 37.4 Å². The molecule has 5 rings (SSSR count). The average molecular weight is 646 g/mol. The van der Waals surface area contributed by atoms with E-state index in [2.05, 4.69) is 34.2 Å². The Hall–Kier alpha value is -3.50. The van der Waals surface area contributed by atoms with Crippen molar-refractivity contribution in [2.45, 2.75) is 19.3 Å². The standard InChI is InChI=1S/C28H20F2N4.Pt/c1-28(2,24-10-6-9-23(31-24)22-15-16-26(29)32-27(22)30)25-17-18-34(33-25)21-13-11-20(12-14-21)19-7-4-3-5-8-19;/h3-13,16-18H,1-2H3;/q-2;+2. The molecule has 0 amide bonds. The molecule has 2 aromatic carbocycles. The van der Waals surface area contributed by atoms with Gasteiger partial charge in [0, 0.05) is 11.9 Å². The maximum atomic E-state index is 14.2. The van der Waals surface area contributed by atoms with E-state index in [-0.39, 0.29) is 26.6 Å². The van der Waals surface area contributed by atoms with Crippen LogP contribution in [0.3, 0.4) is 0 Å². The molecule has 0 unspecified atom stereocenters. The molecule has 0 fully saturated rings. The summed E-state index contributed by atoms with van der Waals surface area (Å²) in [5.41, 5.74) is 4.29. The zero-order valence-corrected chi connectivity index (χ0v) is 21.2. The smallest absolute Gasteiger partial charge is 0.300 e. The second-order valence-electron chi connectivity index (χ2n) is 8.40. The molecule has 0 atom stereocenters. The topological polar surface area (TPSA) is 43.6 Å². The van der Waals surface area contributed by atoms with Gasteiger partial charge in [0.25, 0.3) is 0 Å². The molecular weight excluding hydrogens is 625 g/mol. The Kier molecular flexibility index (Phi) is 7.04. The van der Waals surface area contributed by atoms with Crippen molar-refractivity contribution in [3.8, 4) is 28.1 Å². The molecule has 0 spiro atoms. The maximum absolute atomic E-state index is 14.2. The van der Waals surface area contributed by atoms with E-state index in [9.17, 15) is 8.78 Å². The van der Waals surface area contributed by atoms with Gasteiger partial charge in [0.15, 0.2) is 0 Å². The van der Waals surface area contributed by atoms with Crippen molar-refractivity contribution >= 4 is 0 Å². The molecular formula is C28H20F2N4Pt. The molecule has 0 aliphatic carbocycles. The minimum absolute atomic E-state index is 0. The van der Waals surface area contributed by atoms with Crippen molar-refractivity contribution in [3.05, 3.63) is 120 Å². The molecule has 0 N–H and O–H groups in total. The van der Waals surface area contributed by atoms with Gasteiger partial charge in [0.05, 0.1) is 11.1 Å². The molecule has 0 aliphatic heterocycles. The molecule has 176 valence electrons. The van der Waals surface area contributed by atoms with Crippen LogP contribution in [0.5, 0.6) is 0 Å². The zero-order valence-electron chi connectivity index (χ0n) is 18.9. The van der Waals surface area contributed by atoms with E-state index in [1.807, 2.05) is 68.6 Å². The summed E-state index contributed by atoms with van der Waals surface area (Å²) in [5, 5.41) is 4.76. The van der Waals surface area contributed by atoms with Crippen LogP contribution in [0.1, 0.15) is 25.2 Å². The largest absolute Gasteiger partial charge is 2.00 e. The van der Waals surface area contributed by atoms with Crippen LogP contribution in [-0.4, -0.2) is 19.7 Å². The van der Waals surface area contributed by atoms with Gasteiger partial charge in [-0.15, -0.1) is 17.7 Å². The summed E-state index contributed by atoms with van der Waals surface area (Å²) in [6, 6.07) is 30.2. The monoisotopic (exact) mass is 645 g/mol. The van der Waals surface area contributed by atoms with Crippen LogP contribution in [0.4, 0.5) is 8.78 Å². The molecule has 7 heteroatoms. The number of rotatable bonds is 5. The second kappa shape index (κ2) is 10.0. The Morgan fingerprint density at radius 1 is 0.771 bits per heavy atom. The Balaban J connectivity index is 0.00000289. The summed E-state index contributed by atoms with van der Waals surface area (Å²) >= 11 is 0. The predicted molar refractivity (Wildman–Crippen MR) is 126 cm³/mol. The average Bonchev–Trinajstić information content (AvgIpc) is 3.36. The van der Waals surface area contributed by atoms with Gasteiger partial charge in [-0.3, -0.25) is 9.67 Å². The summed E-state index contributed by atoms with van der Waals surface area (Å²) < 4.78 is 29.1. The number of hydrogen-bond acceptors (Lipinski definition) is 3. The van der Waals surface area contributed by atoms with E-state index in [0.29, 0.717) is 11.4 Å². The minimum atomic E-state index is -0.943. The van der Waals surface area contributed by atoms with Gasteiger partial charge in [-0.1, -0.05) is 59.7 Å². The molecule has 35 heavy (non-hydrogen) atoms. The fourth-order valence-electron chi connectivity index (χ4n) is 3.77.